The van der Waals surface area contributed by atoms with Crippen molar-refractivity contribution in [3.05, 3.63) is 22.9 Å². The molecule has 0 radical (unpaired) electrons. The fraction of sp³-hybridized carbons (Fsp3) is 0.333. The number of alkyl halides is 2. The predicted molar refractivity (Wildman–Crippen MR) is 45.9 cm³/mol. The van der Waals surface area contributed by atoms with Gasteiger partial charge in [0, 0.05) is 0 Å². The van der Waals surface area contributed by atoms with E-state index in [4.69, 9.17) is 4.74 Å². The minimum Gasteiger partial charge on any atom is -0.480 e. The Bertz CT molecular complexity index is 353. The minimum absolute atomic E-state index is 0.0599. The van der Waals surface area contributed by atoms with Gasteiger partial charge < -0.3 is 4.74 Å². The lowest BCUT2D eigenvalue weighted by Crippen LogP contribution is -2.01. The van der Waals surface area contributed by atoms with Crippen LogP contribution in [-0.4, -0.2) is 18.4 Å². The second kappa shape index (κ2) is 4.13. The molecule has 0 bridgehead atoms. The molecule has 0 spiro atoms. The van der Waals surface area contributed by atoms with Gasteiger partial charge in [-0.2, -0.15) is 0 Å². The van der Waals surface area contributed by atoms with Crippen molar-refractivity contribution in [1.29, 1.82) is 0 Å². The highest BCUT2D eigenvalue weighted by Crippen LogP contribution is 2.24. The molecule has 0 aromatic carbocycles. The molecule has 0 aliphatic rings. The standard InChI is InChI=1S/C9H9F2NO2/c1-5-3-7(8(10)11)12-9(14-2)6(5)4-13/h3-4,8H,1-2H3. The summed E-state index contributed by atoms with van der Waals surface area (Å²) in [6, 6.07) is 1.18. The van der Waals surface area contributed by atoms with Crippen LogP contribution >= 0.6 is 0 Å². The molecule has 3 nitrogen and oxygen atoms in total. The zero-order valence-corrected chi connectivity index (χ0v) is 7.75. The molecule has 76 valence electrons. The molecule has 0 unspecified atom stereocenters. The van der Waals surface area contributed by atoms with Crippen molar-refractivity contribution in [3.63, 3.8) is 0 Å². The maximum atomic E-state index is 12.3. The van der Waals surface area contributed by atoms with E-state index in [0.29, 0.717) is 11.8 Å². The van der Waals surface area contributed by atoms with Crippen molar-refractivity contribution < 1.29 is 18.3 Å². The molecule has 0 fully saturated rings. The molecule has 0 aliphatic heterocycles. The van der Waals surface area contributed by atoms with Crippen molar-refractivity contribution in [3.8, 4) is 5.88 Å². The summed E-state index contributed by atoms with van der Waals surface area (Å²) >= 11 is 0. The molecule has 0 amide bonds. The van der Waals surface area contributed by atoms with Gasteiger partial charge in [-0.05, 0) is 18.6 Å². The van der Waals surface area contributed by atoms with Gasteiger partial charge in [0.25, 0.3) is 6.43 Å². The van der Waals surface area contributed by atoms with Gasteiger partial charge in [-0.3, -0.25) is 4.79 Å². The number of halogens is 2. The number of aryl methyl sites for hydroxylation is 1. The summed E-state index contributed by atoms with van der Waals surface area (Å²) in [5.74, 6) is -0.0599. The van der Waals surface area contributed by atoms with Crippen LogP contribution in [0.4, 0.5) is 8.78 Å². The number of aromatic nitrogens is 1. The van der Waals surface area contributed by atoms with Crippen molar-refractivity contribution in [2.75, 3.05) is 7.11 Å². The number of ether oxygens (including phenoxy) is 1. The number of methoxy groups -OCH3 is 1. The highest BCUT2D eigenvalue weighted by Gasteiger charge is 2.15. The van der Waals surface area contributed by atoms with Crippen LogP contribution in [-0.2, 0) is 0 Å². The van der Waals surface area contributed by atoms with Crippen LogP contribution in [0.3, 0.4) is 0 Å². The summed E-state index contributed by atoms with van der Waals surface area (Å²) in [6.07, 6.45) is -2.13. The van der Waals surface area contributed by atoms with Gasteiger partial charge in [0.2, 0.25) is 5.88 Å². The highest BCUT2D eigenvalue weighted by atomic mass is 19.3. The first-order chi connectivity index (χ1) is 6.60. The SMILES string of the molecule is COc1nc(C(F)F)cc(C)c1C=O. The Morgan fingerprint density at radius 3 is 2.64 bits per heavy atom. The molecule has 0 saturated carbocycles. The molecule has 14 heavy (non-hydrogen) atoms. The number of pyridine rings is 1. The van der Waals surface area contributed by atoms with Gasteiger partial charge in [0.1, 0.15) is 5.69 Å². The van der Waals surface area contributed by atoms with E-state index >= 15 is 0 Å². The molecule has 5 heteroatoms. The summed E-state index contributed by atoms with van der Waals surface area (Å²) in [5.41, 5.74) is 0.254. The summed E-state index contributed by atoms with van der Waals surface area (Å²) in [7, 11) is 1.28. The zero-order valence-electron chi connectivity index (χ0n) is 7.75. The number of carbonyl (C=O) groups is 1. The Morgan fingerprint density at radius 1 is 1.57 bits per heavy atom. The van der Waals surface area contributed by atoms with Crippen molar-refractivity contribution >= 4 is 6.29 Å². The van der Waals surface area contributed by atoms with E-state index in [1.807, 2.05) is 0 Å². The monoisotopic (exact) mass is 201 g/mol. The molecule has 1 aromatic rings. The molecular weight excluding hydrogens is 192 g/mol. The van der Waals surface area contributed by atoms with Crippen LogP contribution < -0.4 is 4.74 Å². The van der Waals surface area contributed by atoms with Gasteiger partial charge in [-0.15, -0.1) is 0 Å². The van der Waals surface area contributed by atoms with Gasteiger partial charge in [-0.25, -0.2) is 13.8 Å². The molecule has 1 aromatic heterocycles. The maximum Gasteiger partial charge on any atom is 0.280 e. The third kappa shape index (κ3) is 1.86. The Morgan fingerprint density at radius 2 is 2.21 bits per heavy atom. The fourth-order valence-electron chi connectivity index (χ4n) is 1.09. The summed E-state index contributed by atoms with van der Waals surface area (Å²) in [4.78, 5) is 14.1. The maximum absolute atomic E-state index is 12.3. The molecule has 0 aliphatic carbocycles. The summed E-state index contributed by atoms with van der Waals surface area (Å²) < 4.78 is 29.3. The first-order valence-corrected chi connectivity index (χ1v) is 3.89. The lowest BCUT2D eigenvalue weighted by atomic mass is 10.1. The summed E-state index contributed by atoms with van der Waals surface area (Å²) in [5, 5.41) is 0. The first kappa shape index (κ1) is 10.6. The van der Waals surface area contributed by atoms with Crippen molar-refractivity contribution in [1.82, 2.24) is 4.98 Å². The highest BCUT2D eigenvalue weighted by molar-refractivity contribution is 5.80. The molecule has 0 atom stereocenters. The smallest absolute Gasteiger partial charge is 0.280 e. The second-order valence-electron chi connectivity index (χ2n) is 2.71. The van der Waals surface area contributed by atoms with E-state index in [0.717, 1.165) is 0 Å². The number of aldehydes is 1. The largest absolute Gasteiger partial charge is 0.480 e. The molecule has 1 rings (SSSR count). The molecular formula is C9H9F2NO2. The quantitative estimate of drug-likeness (QED) is 0.703. The van der Waals surface area contributed by atoms with Gasteiger partial charge in [0.15, 0.2) is 6.29 Å². The average Bonchev–Trinajstić information content (AvgIpc) is 2.16. The number of rotatable bonds is 3. The first-order valence-electron chi connectivity index (χ1n) is 3.89. The summed E-state index contributed by atoms with van der Waals surface area (Å²) in [6.45, 7) is 1.56. The number of nitrogens with zero attached hydrogens (tertiary/aromatic N) is 1. The van der Waals surface area contributed by atoms with Gasteiger partial charge >= 0.3 is 0 Å². The lowest BCUT2D eigenvalue weighted by molar-refractivity contribution is 0.111. The lowest BCUT2D eigenvalue weighted by Gasteiger charge is -2.07. The van der Waals surface area contributed by atoms with Crippen LogP contribution in [0, 0.1) is 6.92 Å². The van der Waals surface area contributed by atoms with E-state index in [1.165, 1.54) is 13.2 Å². The Kier molecular flexibility index (Phi) is 3.11. The average molecular weight is 201 g/mol. The third-order valence-electron chi connectivity index (χ3n) is 1.79. The molecule has 0 saturated heterocycles. The van der Waals surface area contributed by atoms with Crippen LogP contribution in [0.1, 0.15) is 28.0 Å². The van der Waals surface area contributed by atoms with Crippen molar-refractivity contribution in [2.24, 2.45) is 0 Å². The van der Waals surface area contributed by atoms with Gasteiger partial charge in [-0.1, -0.05) is 0 Å². The van der Waals surface area contributed by atoms with Crippen molar-refractivity contribution in [2.45, 2.75) is 13.3 Å². The van der Waals surface area contributed by atoms with E-state index in [2.05, 4.69) is 4.98 Å². The fourth-order valence-corrected chi connectivity index (χ4v) is 1.09. The molecule has 0 N–H and O–H groups in total. The van der Waals surface area contributed by atoms with E-state index in [-0.39, 0.29) is 17.1 Å². The zero-order chi connectivity index (χ0) is 10.7. The Balaban J connectivity index is 3.31. The minimum atomic E-state index is -2.66. The second-order valence-corrected chi connectivity index (χ2v) is 2.71. The van der Waals surface area contributed by atoms with E-state index in [1.54, 1.807) is 6.92 Å². The van der Waals surface area contributed by atoms with Crippen LogP contribution in [0.2, 0.25) is 0 Å². The van der Waals surface area contributed by atoms with E-state index < -0.39 is 6.43 Å². The van der Waals surface area contributed by atoms with Crippen LogP contribution in [0.5, 0.6) is 5.88 Å². The normalized spacial score (nSPS) is 10.4. The van der Waals surface area contributed by atoms with Crippen LogP contribution in [0.15, 0.2) is 6.07 Å². The van der Waals surface area contributed by atoms with E-state index in [9.17, 15) is 13.6 Å². The van der Waals surface area contributed by atoms with Crippen LogP contribution in [0.25, 0.3) is 0 Å². The Hall–Kier alpha value is -1.52. The predicted octanol–water partition coefficient (Wildman–Crippen LogP) is 2.15. The molecule has 1 heterocycles. The topological polar surface area (TPSA) is 39.2 Å². The van der Waals surface area contributed by atoms with Gasteiger partial charge in [0.05, 0.1) is 12.7 Å². The number of hydrogen-bond acceptors (Lipinski definition) is 3. The number of hydrogen-bond donors (Lipinski definition) is 0. The third-order valence-corrected chi connectivity index (χ3v) is 1.79. The Labute approximate surface area is 79.7 Å². The number of carbonyl (C=O) groups excluding carboxylic acids is 1.